The van der Waals surface area contributed by atoms with Crippen molar-refractivity contribution >= 4 is 0 Å². The Balaban J connectivity index is 2.09. The SMILES string of the molecule is CC1(C)C(NCc2ccc(F)c(C(F)(F)F)c2)C1(C)C. The maximum Gasteiger partial charge on any atom is 0.419 e. The van der Waals surface area contributed by atoms with Crippen LogP contribution >= 0.6 is 0 Å². The number of rotatable bonds is 3. The summed E-state index contributed by atoms with van der Waals surface area (Å²) in [7, 11) is 0. The zero-order chi connectivity index (χ0) is 15.3. The van der Waals surface area contributed by atoms with E-state index >= 15 is 0 Å². The highest BCUT2D eigenvalue weighted by Crippen LogP contribution is 2.62. The molecular weight excluding hydrogens is 270 g/mol. The second-order valence-electron chi connectivity index (χ2n) is 6.57. The van der Waals surface area contributed by atoms with Crippen LogP contribution in [0.25, 0.3) is 0 Å². The molecule has 0 bridgehead atoms. The Morgan fingerprint density at radius 1 is 1.10 bits per heavy atom. The zero-order valence-electron chi connectivity index (χ0n) is 12.0. The molecule has 1 aliphatic carbocycles. The van der Waals surface area contributed by atoms with Crippen LogP contribution in [0.3, 0.4) is 0 Å². The van der Waals surface area contributed by atoms with E-state index in [1.165, 1.54) is 6.07 Å². The summed E-state index contributed by atoms with van der Waals surface area (Å²) in [5.41, 5.74) is -0.539. The highest BCUT2D eigenvalue weighted by molar-refractivity contribution is 5.28. The summed E-state index contributed by atoms with van der Waals surface area (Å²) in [6, 6.07) is 3.39. The number of hydrogen-bond acceptors (Lipinski definition) is 1. The summed E-state index contributed by atoms with van der Waals surface area (Å²) < 4.78 is 51.1. The maximum atomic E-state index is 13.2. The molecule has 0 unspecified atom stereocenters. The Bertz CT molecular complexity index is 503. The van der Waals surface area contributed by atoms with Gasteiger partial charge in [-0.05, 0) is 28.5 Å². The number of hydrogen-bond donors (Lipinski definition) is 1. The van der Waals surface area contributed by atoms with Gasteiger partial charge in [0.25, 0.3) is 0 Å². The van der Waals surface area contributed by atoms with E-state index in [9.17, 15) is 17.6 Å². The Morgan fingerprint density at radius 3 is 2.10 bits per heavy atom. The van der Waals surface area contributed by atoms with Crippen LogP contribution in [-0.2, 0) is 12.7 Å². The van der Waals surface area contributed by atoms with Crippen molar-refractivity contribution in [2.24, 2.45) is 10.8 Å². The van der Waals surface area contributed by atoms with Crippen molar-refractivity contribution in [2.45, 2.75) is 46.5 Å². The first-order valence-electron chi connectivity index (χ1n) is 6.57. The van der Waals surface area contributed by atoms with Crippen molar-refractivity contribution in [1.82, 2.24) is 5.32 Å². The minimum atomic E-state index is -4.65. The minimum Gasteiger partial charge on any atom is -0.309 e. The summed E-state index contributed by atoms with van der Waals surface area (Å²) in [5, 5.41) is 3.26. The first-order chi connectivity index (χ1) is 8.98. The van der Waals surface area contributed by atoms with Gasteiger partial charge in [0.15, 0.2) is 0 Å². The molecule has 0 spiro atoms. The number of benzene rings is 1. The fourth-order valence-electron chi connectivity index (χ4n) is 2.83. The van der Waals surface area contributed by atoms with Gasteiger partial charge in [-0.1, -0.05) is 33.8 Å². The van der Waals surface area contributed by atoms with Gasteiger partial charge in [-0.2, -0.15) is 13.2 Å². The number of halogens is 4. The summed E-state index contributed by atoms with van der Waals surface area (Å²) in [6.07, 6.45) is -4.65. The van der Waals surface area contributed by atoms with Gasteiger partial charge in [-0.15, -0.1) is 0 Å². The van der Waals surface area contributed by atoms with Crippen LogP contribution in [0, 0.1) is 16.6 Å². The molecule has 5 heteroatoms. The van der Waals surface area contributed by atoms with Gasteiger partial charge in [-0.25, -0.2) is 4.39 Å². The molecule has 1 N–H and O–H groups in total. The average molecular weight is 289 g/mol. The van der Waals surface area contributed by atoms with Crippen molar-refractivity contribution in [1.29, 1.82) is 0 Å². The van der Waals surface area contributed by atoms with E-state index < -0.39 is 17.6 Å². The topological polar surface area (TPSA) is 12.0 Å². The minimum absolute atomic E-state index is 0.111. The van der Waals surface area contributed by atoms with Crippen LogP contribution in [0.1, 0.15) is 38.8 Å². The first-order valence-corrected chi connectivity index (χ1v) is 6.57. The Kier molecular flexibility index (Phi) is 3.40. The lowest BCUT2D eigenvalue weighted by Crippen LogP contribution is -2.22. The zero-order valence-corrected chi connectivity index (χ0v) is 12.0. The molecule has 0 aliphatic heterocycles. The molecule has 0 aromatic heterocycles. The second-order valence-corrected chi connectivity index (χ2v) is 6.57. The van der Waals surface area contributed by atoms with Crippen molar-refractivity contribution in [3.8, 4) is 0 Å². The second kappa shape index (κ2) is 4.45. The average Bonchev–Trinajstić information content (AvgIpc) is 2.67. The number of nitrogens with one attached hydrogen (secondary N) is 1. The highest BCUT2D eigenvalue weighted by Gasteiger charge is 2.64. The van der Waals surface area contributed by atoms with Crippen molar-refractivity contribution < 1.29 is 17.6 Å². The molecule has 20 heavy (non-hydrogen) atoms. The summed E-state index contributed by atoms with van der Waals surface area (Å²) in [5.74, 6) is -1.23. The van der Waals surface area contributed by atoms with E-state index in [1.807, 2.05) is 0 Å². The van der Waals surface area contributed by atoms with Gasteiger partial charge in [0.05, 0.1) is 5.56 Å². The molecule has 1 fully saturated rings. The molecular formula is C15H19F4N. The number of alkyl halides is 3. The fraction of sp³-hybridized carbons (Fsp3) is 0.600. The standard InChI is InChI=1S/C15H19F4N/c1-13(2)12(14(13,3)4)20-8-9-5-6-11(16)10(7-9)15(17,18)19/h5-7,12,20H,8H2,1-4H3. The van der Waals surface area contributed by atoms with E-state index in [-0.39, 0.29) is 16.9 Å². The van der Waals surface area contributed by atoms with Gasteiger partial charge >= 0.3 is 6.18 Å². The first kappa shape index (κ1) is 15.3. The molecule has 1 aromatic carbocycles. The molecule has 1 aliphatic rings. The van der Waals surface area contributed by atoms with Crippen LogP contribution in [-0.4, -0.2) is 6.04 Å². The lowest BCUT2D eigenvalue weighted by atomic mass is 10.0. The third-order valence-electron chi connectivity index (χ3n) is 4.87. The summed E-state index contributed by atoms with van der Waals surface area (Å²) >= 11 is 0. The molecule has 1 saturated carbocycles. The lowest BCUT2D eigenvalue weighted by molar-refractivity contribution is -0.140. The van der Waals surface area contributed by atoms with E-state index in [2.05, 4.69) is 33.0 Å². The third kappa shape index (κ3) is 2.43. The van der Waals surface area contributed by atoms with E-state index in [0.29, 0.717) is 12.1 Å². The highest BCUT2D eigenvalue weighted by atomic mass is 19.4. The Labute approximate surface area is 116 Å². The van der Waals surface area contributed by atoms with Crippen molar-refractivity contribution in [3.05, 3.63) is 35.1 Å². The van der Waals surface area contributed by atoms with Gasteiger partial charge in [0.1, 0.15) is 5.82 Å². The molecule has 0 radical (unpaired) electrons. The van der Waals surface area contributed by atoms with Crippen LogP contribution in [0.15, 0.2) is 18.2 Å². The fourth-order valence-corrected chi connectivity index (χ4v) is 2.83. The van der Waals surface area contributed by atoms with Crippen LogP contribution < -0.4 is 5.32 Å². The molecule has 1 nitrogen and oxygen atoms in total. The van der Waals surface area contributed by atoms with E-state index in [4.69, 9.17) is 0 Å². The molecule has 0 saturated heterocycles. The Morgan fingerprint density at radius 2 is 1.65 bits per heavy atom. The van der Waals surface area contributed by atoms with Gasteiger partial charge < -0.3 is 5.32 Å². The predicted molar refractivity (Wildman–Crippen MR) is 69.6 cm³/mol. The molecule has 112 valence electrons. The van der Waals surface area contributed by atoms with Gasteiger partial charge in [-0.3, -0.25) is 0 Å². The van der Waals surface area contributed by atoms with Crippen LogP contribution in [0.2, 0.25) is 0 Å². The molecule has 0 atom stereocenters. The molecule has 2 rings (SSSR count). The predicted octanol–water partition coefficient (Wildman–Crippen LogP) is 4.37. The smallest absolute Gasteiger partial charge is 0.309 e. The van der Waals surface area contributed by atoms with Gasteiger partial charge in [0.2, 0.25) is 0 Å². The van der Waals surface area contributed by atoms with Crippen molar-refractivity contribution in [3.63, 3.8) is 0 Å². The van der Waals surface area contributed by atoms with E-state index in [1.54, 1.807) is 0 Å². The normalized spacial score (nSPS) is 21.0. The molecule has 0 heterocycles. The van der Waals surface area contributed by atoms with E-state index in [0.717, 1.165) is 12.1 Å². The lowest BCUT2D eigenvalue weighted by Gasteiger charge is -2.11. The summed E-state index contributed by atoms with van der Waals surface area (Å²) in [4.78, 5) is 0. The third-order valence-corrected chi connectivity index (χ3v) is 4.87. The largest absolute Gasteiger partial charge is 0.419 e. The molecule has 1 aromatic rings. The Hall–Kier alpha value is -1.10. The maximum absolute atomic E-state index is 13.2. The molecule has 0 amide bonds. The van der Waals surface area contributed by atoms with Gasteiger partial charge in [0, 0.05) is 12.6 Å². The summed E-state index contributed by atoms with van der Waals surface area (Å²) in [6.45, 7) is 8.79. The van der Waals surface area contributed by atoms with Crippen LogP contribution in [0.4, 0.5) is 17.6 Å². The monoisotopic (exact) mass is 289 g/mol. The quantitative estimate of drug-likeness (QED) is 0.815. The van der Waals surface area contributed by atoms with Crippen molar-refractivity contribution in [2.75, 3.05) is 0 Å². The van der Waals surface area contributed by atoms with Crippen LogP contribution in [0.5, 0.6) is 0 Å².